The zero-order valence-electron chi connectivity index (χ0n) is 6.14. The Balaban J connectivity index is 2.17. The molecule has 0 aliphatic carbocycles. The third kappa shape index (κ3) is 1.19. The summed E-state index contributed by atoms with van der Waals surface area (Å²) in [5, 5.41) is 1.96. The largest absolute Gasteiger partial charge is 0.262 e. The molecule has 1 aromatic carbocycles. The molecule has 2 rings (SSSR count). The van der Waals surface area contributed by atoms with Gasteiger partial charge in [-0.05, 0) is 18.2 Å². The molecule has 2 nitrogen and oxygen atoms in total. The van der Waals surface area contributed by atoms with Crippen molar-refractivity contribution in [1.29, 1.82) is 0 Å². The Labute approximate surface area is 66.1 Å². The van der Waals surface area contributed by atoms with E-state index in [1.807, 2.05) is 35.5 Å². The fourth-order valence-electron chi connectivity index (χ4n) is 1.09. The molecule has 1 aliphatic heterocycles. The van der Waals surface area contributed by atoms with Crippen LogP contribution in [0.4, 0.5) is 5.69 Å². The summed E-state index contributed by atoms with van der Waals surface area (Å²) >= 11 is 0. The minimum absolute atomic E-state index is 0.893. The molecule has 0 unspecified atom stereocenters. The van der Waals surface area contributed by atoms with Gasteiger partial charge >= 0.3 is 0 Å². The Bertz CT molecular complexity index is 246. The summed E-state index contributed by atoms with van der Waals surface area (Å²) in [6.45, 7) is 0.893. The Morgan fingerprint density at radius 3 is 2.64 bits per heavy atom. The van der Waals surface area contributed by atoms with E-state index >= 15 is 0 Å². The maximum Gasteiger partial charge on any atom is 0.0615 e. The summed E-state index contributed by atoms with van der Waals surface area (Å²) in [4.78, 5) is 0. The molecule has 0 atom stereocenters. The van der Waals surface area contributed by atoms with E-state index in [0.29, 0.717) is 0 Å². The molecule has 2 heteroatoms. The molecular weight excluding hydrogens is 136 g/mol. The molecule has 1 heterocycles. The van der Waals surface area contributed by atoms with Gasteiger partial charge in [-0.3, -0.25) is 5.01 Å². The summed E-state index contributed by atoms with van der Waals surface area (Å²) in [7, 11) is 0. The summed E-state index contributed by atoms with van der Waals surface area (Å²) in [6, 6.07) is 10.1. The van der Waals surface area contributed by atoms with E-state index in [4.69, 9.17) is 0 Å². The minimum atomic E-state index is 0.893. The van der Waals surface area contributed by atoms with Crippen LogP contribution in [0.1, 0.15) is 0 Å². The molecule has 0 N–H and O–H groups in total. The second-order valence-corrected chi connectivity index (χ2v) is 2.42. The van der Waals surface area contributed by atoms with E-state index in [1.54, 1.807) is 0 Å². The third-order valence-corrected chi connectivity index (χ3v) is 1.64. The Morgan fingerprint density at radius 2 is 2.00 bits per heavy atom. The highest BCUT2D eigenvalue weighted by molar-refractivity contribution is 5.46. The summed E-state index contributed by atoms with van der Waals surface area (Å²) in [6.07, 6.45) is 3.86. The van der Waals surface area contributed by atoms with Gasteiger partial charge in [-0.1, -0.05) is 18.2 Å². The topological polar surface area (TPSA) is 17.3 Å². The molecule has 0 amide bonds. The summed E-state index contributed by atoms with van der Waals surface area (Å²) in [5.74, 6) is 0. The zero-order chi connectivity index (χ0) is 7.52. The van der Waals surface area contributed by atoms with Gasteiger partial charge in [-0.15, -0.1) is 0 Å². The Hall–Kier alpha value is -1.44. The van der Waals surface area contributed by atoms with Crippen LogP contribution in [0.15, 0.2) is 42.6 Å². The average molecular weight is 145 g/mol. The molecule has 0 aromatic heterocycles. The number of rotatable bonds is 1. The third-order valence-electron chi connectivity index (χ3n) is 1.64. The van der Waals surface area contributed by atoms with E-state index in [1.165, 1.54) is 0 Å². The molecule has 0 spiro atoms. The number of hydrogen-bond donors (Lipinski definition) is 0. The smallest absolute Gasteiger partial charge is 0.0615 e. The molecular formula is C9H9N2. The van der Waals surface area contributed by atoms with Crippen LogP contribution < -0.4 is 10.4 Å². The van der Waals surface area contributed by atoms with Gasteiger partial charge in [0.1, 0.15) is 0 Å². The van der Waals surface area contributed by atoms with Gasteiger partial charge in [0.25, 0.3) is 0 Å². The highest BCUT2D eigenvalue weighted by Crippen LogP contribution is 2.13. The molecule has 11 heavy (non-hydrogen) atoms. The lowest BCUT2D eigenvalue weighted by molar-refractivity contribution is 0.825. The lowest BCUT2D eigenvalue weighted by atomic mass is 10.3. The van der Waals surface area contributed by atoms with Crippen LogP contribution >= 0.6 is 0 Å². The van der Waals surface area contributed by atoms with Gasteiger partial charge in [0, 0.05) is 6.20 Å². The van der Waals surface area contributed by atoms with E-state index in [0.717, 1.165) is 12.2 Å². The van der Waals surface area contributed by atoms with Gasteiger partial charge in [-0.25, -0.2) is 0 Å². The molecule has 55 valence electrons. The predicted octanol–water partition coefficient (Wildman–Crippen LogP) is 1.54. The van der Waals surface area contributed by atoms with Gasteiger partial charge in [0.05, 0.1) is 12.2 Å². The summed E-state index contributed by atoms with van der Waals surface area (Å²) in [5.41, 5.74) is 5.31. The number of benzene rings is 1. The first-order valence-electron chi connectivity index (χ1n) is 3.65. The van der Waals surface area contributed by atoms with E-state index in [9.17, 15) is 0 Å². The van der Waals surface area contributed by atoms with Gasteiger partial charge in [0.2, 0.25) is 0 Å². The first kappa shape index (κ1) is 6.28. The van der Waals surface area contributed by atoms with Crippen molar-refractivity contribution < 1.29 is 0 Å². The maximum absolute atomic E-state index is 4.16. The van der Waals surface area contributed by atoms with E-state index in [2.05, 4.69) is 17.6 Å². The monoisotopic (exact) mass is 145 g/mol. The molecule has 0 saturated carbocycles. The van der Waals surface area contributed by atoms with Crippen molar-refractivity contribution >= 4 is 5.69 Å². The van der Waals surface area contributed by atoms with Crippen LogP contribution in [0.2, 0.25) is 0 Å². The van der Waals surface area contributed by atoms with Crippen molar-refractivity contribution in [3.05, 3.63) is 42.6 Å². The van der Waals surface area contributed by atoms with Crippen molar-refractivity contribution in [2.75, 3.05) is 11.6 Å². The highest BCUT2D eigenvalue weighted by Gasteiger charge is 2.06. The number of nitrogens with zero attached hydrogens (tertiary/aromatic N) is 2. The fourth-order valence-corrected chi connectivity index (χ4v) is 1.09. The van der Waals surface area contributed by atoms with Crippen molar-refractivity contribution in [2.24, 2.45) is 0 Å². The van der Waals surface area contributed by atoms with Crippen molar-refractivity contribution in [3.8, 4) is 0 Å². The highest BCUT2D eigenvalue weighted by atomic mass is 15.5. The van der Waals surface area contributed by atoms with Crippen LogP contribution in [0.5, 0.6) is 0 Å². The Morgan fingerprint density at radius 1 is 1.18 bits per heavy atom. The first-order chi connectivity index (χ1) is 5.47. The van der Waals surface area contributed by atoms with Crippen molar-refractivity contribution in [1.82, 2.24) is 5.43 Å². The standard InChI is InChI=1S/C9H9N2/c1-2-5-9(6-3-1)11-8-4-7-10-11/h1-7H,8H2. The quantitative estimate of drug-likeness (QED) is 0.586. The summed E-state index contributed by atoms with van der Waals surface area (Å²) < 4.78 is 0. The normalized spacial score (nSPS) is 15.1. The molecule has 0 saturated heterocycles. The number of para-hydroxylation sites is 1. The van der Waals surface area contributed by atoms with E-state index in [-0.39, 0.29) is 0 Å². The fraction of sp³-hybridized carbons (Fsp3) is 0.111. The lowest BCUT2D eigenvalue weighted by Gasteiger charge is -2.14. The number of anilines is 1. The second-order valence-electron chi connectivity index (χ2n) is 2.42. The zero-order valence-corrected chi connectivity index (χ0v) is 6.14. The van der Waals surface area contributed by atoms with Crippen molar-refractivity contribution in [2.45, 2.75) is 0 Å². The van der Waals surface area contributed by atoms with Crippen LogP contribution in [0.3, 0.4) is 0 Å². The molecule has 1 aliphatic rings. The first-order valence-corrected chi connectivity index (χ1v) is 3.65. The van der Waals surface area contributed by atoms with Crippen molar-refractivity contribution in [3.63, 3.8) is 0 Å². The van der Waals surface area contributed by atoms with Gasteiger partial charge < -0.3 is 0 Å². The number of hydrogen-bond acceptors (Lipinski definition) is 1. The molecule has 1 radical (unpaired) electrons. The average Bonchev–Trinajstić information content (AvgIpc) is 2.58. The molecule has 1 aromatic rings. The van der Waals surface area contributed by atoms with Crippen LogP contribution in [-0.4, -0.2) is 6.54 Å². The van der Waals surface area contributed by atoms with Crippen LogP contribution in [0, 0.1) is 0 Å². The second kappa shape index (κ2) is 2.66. The van der Waals surface area contributed by atoms with Crippen LogP contribution in [-0.2, 0) is 0 Å². The van der Waals surface area contributed by atoms with Gasteiger partial charge in [-0.2, -0.15) is 5.43 Å². The molecule has 0 fully saturated rings. The SMILES string of the molecule is C1=C[N]N(c2ccccc2)C1. The minimum Gasteiger partial charge on any atom is -0.262 e. The Kier molecular flexibility index (Phi) is 1.52. The van der Waals surface area contributed by atoms with E-state index < -0.39 is 0 Å². The van der Waals surface area contributed by atoms with Gasteiger partial charge in [0.15, 0.2) is 0 Å². The van der Waals surface area contributed by atoms with Crippen LogP contribution in [0.25, 0.3) is 0 Å². The molecule has 0 bridgehead atoms. The maximum atomic E-state index is 4.16. The predicted molar refractivity (Wildman–Crippen MR) is 45.1 cm³/mol. The lowest BCUT2D eigenvalue weighted by Crippen LogP contribution is -2.23.